The van der Waals surface area contributed by atoms with Crippen LogP contribution >= 0.6 is 0 Å². The van der Waals surface area contributed by atoms with Crippen LogP contribution in [-0.2, 0) is 19.3 Å². The van der Waals surface area contributed by atoms with Crippen LogP contribution in [0.5, 0.6) is 0 Å². The lowest BCUT2D eigenvalue weighted by Crippen LogP contribution is -2.22. The predicted octanol–water partition coefficient (Wildman–Crippen LogP) is 21.2. The predicted molar refractivity (Wildman–Crippen MR) is 297 cm³/mol. The van der Waals surface area contributed by atoms with Gasteiger partial charge >= 0.3 is 17.9 Å². The molecule has 0 unspecified atom stereocenters. The summed E-state index contributed by atoms with van der Waals surface area (Å²) in [6.07, 6.45) is 60.5. The van der Waals surface area contributed by atoms with Gasteiger partial charge < -0.3 is 15.3 Å². The minimum Gasteiger partial charge on any atom is -0.478 e. The maximum Gasteiger partial charge on any atom is 0.336 e. The van der Waals surface area contributed by atoms with E-state index in [0.29, 0.717) is 55.2 Å². The zero-order chi connectivity index (χ0) is 50.3. The Kier molecular flexibility index (Phi) is 44.9. The second kappa shape index (κ2) is 47.9. The standard InChI is InChI=1S/C63H114O6/c1-4-7-10-13-16-19-22-25-28-31-34-37-40-43-46-49-52-55-58(61(64)65)56(53-50-47-44-41-38-35-32-29-26-23-20-17-14-11-8-5-2)60(63(68)69)57(59(55)62(66)67)54-51-48-45-42-39-36-33-30-27-24-21-18-15-12-9-6-3/h4-54H2,1-3H3,(H,64,65)(H,66,67)(H,68,69). The van der Waals surface area contributed by atoms with Gasteiger partial charge in [0.1, 0.15) is 0 Å². The summed E-state index contributed by atoms with van der Waals surface area (Å²) in [5, 5.41) is 32.3. The van der Waals surface area contributed by atoms with Crippen molar-refractivity contribution < 1.29 is 29.7 Å². The first-order chi connectivity index (χ1) is 33.8. The smallest absolute Gasteiger partial charge is 0.336 e. The molecule has 0 radical (unpaired) electrons. The second-order valence-electron chi connectivity index (χ2n) is 21.6. The highest BCUT2D eigenvalue weighted by molar-refractivity contribution is 6.05. The Morgan fingerprint density at radius 1 is 0.217 bits per heavy atom. The van der Waals surface area contributed by atoms with Gasteiger partial charge in [0.2, 0.25) is 0 Å². The van der Waals surface area contributed by atoms with Crippen molar-refractivity contribution in [2.24, 2.45) is 0 Å². The van der Waals surface area contributed by atoms with Gasteiger partial charge in [-0.15, -0.1) is 0 Å². The molecule has 0 heterocycles. The fraction of sp³-hybridized carbons (Fsp3) is 0.857. The van der Waals surface area contributed by atoms with Crippen LogP contribution in [0.2, 0.25) is 0 Å². The van der Waals surface area contributed by atoms with Crippen molar-refractivity contribution >= 4 is 17.9 Å². The summed E-state index contributed by atoms with van der Waals surface area (Å²) in [4.78, 5) is 39.5. The van der Waals surface area contributed by atoms with Crippen molar-refractivity contribution in [3.05, 3.63) is 33.4 Å². The molecule has 0 amide bonds. The summed E-state index contributed by atoms with van der Waals surface area (Å²) in [5.41, 5.74) is 0.974. The van der Waals surface area contributed by atoms with Gasteiger partial charge in [-0.1, -0.05) is 310 Å². The summed E-state index contributed by atoms with van der Waals surface area (Å²) in [6.45, 7) is 6.81. The van der Waals surface area contributed by atoms with Crippen LogP contribution in [-0.4, -0.2) is 33.2 Å². The quantitative estimate of drug-likeness (QED) is 0.0561. The monoisotopic (exact) mass is 967 g/mol. The number of carbonyl (C=O) groups is 3. The first kappa shape index (κ1) is 64.6. The van der Waals surface area contributed by atoms with Gasteiger partial charge in [-0.3, -0.25) is 0 Å². The van der Waals surface area contributed by atoms with Crippen LogP contribution in [0.4, 0.5) is 0 Å². The third-order valence-electron chi connectivity index (χ3n) is 15.3. The van der Waals surface area contributed by atoms with E-state index in [1.54, 1.807) is 0 Å². The summed E-state index contributed by atoms with van der Waals surface area (Å²) in [5.74, 6) is -3.56. The number of carboxylic acid groups (broad SMARTS) is 3. The molecule has 1 aromatic carbocycles. The van der Waals surface area contributed by atoms with Gasteiger partial charge in [0.25, 0.3) is 0 Å². The molecule has 1 rings (SSSR count). The van der Waals surface area contributed by atoms with Crippen LogP contribution in [0.3, 0.4) is 0 Å². The van der Waals surface area contributed by atoms with E-state index in [-0.39, 0.29) is 16.7 Å². The van der Waals surface area contributed by atoms with Crippen LogP contribution in [0.1, 0.15) is 377 Å². The molecule has 0 aliphatic heterocycles. The summed E-state index contributed by atoms with van der Waals surface area (Å²) < 4.78 is 0. The van der Waals surface area contributed by atoms with Crippen molar-refractivity contribution in [1.29, 1.82) is 0 Å². The number of aromatic carboxylic acids is 3. The fourth-order valence-corrected chi connectivity index (χ4v) is 11.0. The first-order valence-corrected chi connectivity index (χ1v) is 30.7. The molecule has 0 aliphatic rings. The largest absolute Gasteiger partial charge is 0.478 e. The molecular formula is C63H114O6. The third kappa shape index (κ3) is 34.6. The second-order valence-corrected chi connectivity index (χ2v) is 21.6. The lowest BCUT2D eigenvalue weighted by atomic mass is 9.81. The zero-order valence-electron chi connectivity index (χ0n) is 46.1. The minimum atomic E-state index is -1.19. The Balaban J connectivity index is 2.84. The number of unbranched alkanes of at least 4 members (excludes halogenated alkanes) is 45. The first-order valence-electron chi connectivity index (χ1n) is 30.7. The maximum absolute atomic E-state index is 13.2. The Labute approximate surface area is 427 Å². The molecule has 0 aliphatic carbocycles. The van der Waals surface area contributed by atoms with E-state index < -0.39 is 17.9 Å². The molecule has 0 saturated carbocycles. The molecule has 3 N–H and O–H groups in total. The van der Waals surface area contributed by atoms with Crippen LogP contribution in [0.15, 0.2) is 0 Å². The Morgan fingerprint density at radius 2 is 0.333 bits per heavy atom. The van der Waals surface area contributed by atoms with Crippen molar-refractivity contribution in [1.82, 2.24) is 0 Å². The van der Waals surface area contributed by atoms with E-state index in [4.69, 9.17) is 0 Å². The van der Waals surface area contributed by atoms with E-state index in [9.17, 15) is 29.7 Å². The Morgan fingerprint density at radius 3 is 0.449 bits per heavy atom. The molecule has 69 heavy (non-hydrogen) atoms. The van der Waals surface area contributed by atoms with E-state index in [1.165, 1.54) is 231 Å². The van der Waals surface area contributed by atoms with E-state index in [1.807, 2.05) is 0 Å². The highest BCUT2D eigenvalue weighted by Crippen LogP contribution is 2.34. The van der Waals surface area contributed by atoms with Gasteiger partial charge in [-0.25, -0.2) is 14.4 Å². The highest BCUT2D eigenvalue weighted by atomic mass is 16.4. The van der Waals surface area contributed by atoms with E-state index in [2.05, 4.69) is 20.8 Å². The molecule has 402 valence electrons. The molecule has 0 saturated heterocycles. The van der Waals surface area contributed by atoms with Gasteiger partial charge in [-0.2, -0.15) is 0 Å². The zero-order valence-corrected chi connectivity index (χ0v) is 46.1. The fourth-order valence-electron chi connectivity index (χ4n) is 11.0. The number of rotatable bonds is 54. The molecular weight excluding hydrogens is 853 g/mol. The summed E-state index contributed by atoms with van der Waals surface area (Å²) >= 11 is 0. The molecule has 6 nitrogen and oxygen atoms in total. The minimum absolute atomic E-state index is 0.0394. The van der Waals surface area contributed by atoms with Gasteiger partial charge in [-0.05, 0) is 55.2 Å². The van der Waals surface area contributed by atoms with Crippen molar-refractivity contribution in [2.75, 3.05) is 0 Å². The van der Waals surface area contributed by atoms with Gasteiger partial charge in [0.15, 0.2) is 0 Å². The topological polar surface area (TPSA) is 112 Å². The van der Waals surface area contributed by atoms with E-state index >= 15 is 0 Å². The molecule has 6 heteroatoms. The molecule has 0 bridgehead atoms. The highest BCUT2D eigenvalue weighted by Gasteiger charge is 2.32. The molecule has 0 spiro atoms. The number of hydrogen-bond donors (Lipinski definition) is 3. The number of benzene rings is 1. The molecule has 1 aromatic rings. The van der Waals surface area contributed by atoms with Crippen LogP contribution < -0.4 is 0 Å². The van der Waals surface area contributed by atoms with Crippen LogP contribution in [0.25, 0.3) is 0 Å². The van der Waals surface area contributed by atoms with E-state index in [0.717, 1.165) is 57.8 Å². The lowest BCUT2D eigenvalue weighted by molar-refractivity contribution is 0.0693. The van der Waals surface area contributed by atoms with Crippen molar-refractivity contribution in [2.45, 2.75) is 348 Å². The summed E-state index contributed by atoms with van der Waals surface area (Å²) in [7, 11) is 0. The maximum atomic E-state index is 13.2. The lowest BCUT2D eigenvalue weighted by Gasteiger charge is -2.22. The summed E-state index contributed by atoms with van der Waals surface area (Å²) in [6, 6.07) is 0. The Bertz CT molecular complexity index is 1180. The molecule has 0 aromatic heterocycles. The Hall–Kier alpha value is -2.37. The normalized spacial score (nSPS) is 11.5. The molecule has 0 atom stereocenters. The van der Waals surface area contributed by atoms with Gasteiger partial charge in [0.05, 0.1) is 16.7 Å². The number of hydrogen-bond acceptors (Lipinski definition) is 3. The average molecular weight is 968 g/mol. The average Bonchev–Trinajstić information content (AvgIpc) is 3.33. The van der Waals surface area contributed by atoms with Crippen molar-refractivity contribution in [3.63, 3.8) is 0 Å². The molecule has 0 fully saturated rings. The van der Waals surface area contributed by atoms with Crippen LogP contribution in [0, 0.1) is 0 Å². The van der Waals surface area contributed by atoms with Crippen molar-refractivity contribution in [3.8, 4) is 0 Å². The van der Waals surface area contributed by atoms with Gasteiger partial charge in [0, 0.05) is 0 Å². The third-order valence-corrected chi connectivity index (χ3v) is 15.3. The SMILES string of the molecule is CCCCCCCCCCCCCCCCCCc1c(C(=O)O)c(CCCCCCCCCCCCCCCCCC)c(C(=O)O)c(CCCCCCCCCCCCCCCCCC)c1C(=O)O. The number of carboxylic acids is 3.